The van der Waals surface area contributed by atoms with Gasteiger partial charge in [-0.2, -0.15) is 0 Å². The van der Waals surface area contributed by atoms with E-state index < -0.39 is 10.0 Å². The minimum absolute atomic E-state index is 0.152. The highest BCUT2D eigenvalue weighted by molar-refractivity contribution is 9.11. The van der Waals surface area contributed by atoms with E-state index in [1.807, 2.05) is 6.92 Å². The molecular formula is C12H17BrN2O3S2. The van der Waals surface area contributed by atoms with Crippen LogP contribution < -0.4 is 4.72 Å². The second-order valence-electron chi connectivity index (χ2n) is 4.79. The van der Waals surface area contributed by atoms with Gasteiger partial charge in [-0.25, -0.2) is 13.1 Å². The molecule has 1 aromatic heterocycles. The molecule has 2 heterocycles. The molecule has 2 rings (SSSR count). The van der Waals surface area contributed by atoms with Crippen molar-refractivity contribution in [3.63, 3.8) is 0 Å². The van der Waals surface area contributed by atoms with Crippen LogP contribution in [0.1, 0.15) is 24.8 Å². The van der Waals surface area contributed by atoms with Crippen molar-refractivity contribution in [3.05, 3.63) is 15.4 Å². The summed E-state index contributed by atoms with van der Waals surface area (Å²) in [4.78, 5) is 13.7. The number of hydrogen-bond acceptors (Lipinski definition) is 4. The molecule has 1 aromatic rings. The zero-order valence-corrected chi connectivity index (χ0v) is 14.4. The first kappa shape index (κ1) is 15.9. The second kappa shape index (κ2) is 6.55. The Balaban J connectivity index is 1.96. The van der Waals surface area contributed by atoms with Crippen LogP contribution in [-0.2, 0) is 14.8 Å². The SMILES string of the molecule is Cc1cc(S(=O)(=O)NCC(=O)N2CCCCC2)sc1Br. The number of carbonyl (C=O) groups excluding carboxylic acids is 1. The lowest BCUT2D eigenvalue weighted by atomic mass is 10.1. The molecule has 0 bridgehead atoms. The first-order chi connectivity index (χ1) is 9.40. The highest BCUT2D eigenvalue weighted by atomic mass is 79.9. The third kappa shape index (κ3) is 3.81. The highest BCUT2D eigenvalue weighted by Gasteiger charge is 2.22. The maximum absolute atomic E-state index is 12.1. The van der Waals surface area contributed by atoms with Gasteiger partial charge in [-0.05, 0) is 53.7 Å². The van der Waals surface area contributed by atoms with Crippen LogP contribution in [-0.4, -0.2) is 38.9 Å². The lowest BCUT2D eigenvalue weighted by Gasteiger charge is -2.26. The maximum atomic E-state index is 12.1. The summed E-state index contributed by atoms with van der Waals surface area (Å²) >= 11 is 4.45. The fraction of sp³-hybridized carbons (Fsp3) is 0.583. The number of amides is 1. The highest BCUT2D eigenvalue weighted by Crippen LogP contribution is 2.30. The smallest absolute Gasteiger partial charge is 0.250 e. The predicted octanol–water partition coefficient (Wildman–Crippen LogP) is 2.11. The van der Waals surface area contributed by atoms with E-state index in [0.29, 0.717) is 0 Å². The zero-order chi connectivity index (χ0) is 14.8. The first-order valence-electron chi connectivity index (χ1n) is 6.43. The van der Waals surface area contributed by atoms with E-state index in [0.717, 1.165) is 53.0 Å². The standard InChI is InChI=1S/C12H17BrN2O3S2/c1-9-7-11(19-12(9)13)20(17,18)14-8-10(16)15-5-3-2-4-6-15/h7,14H,2-6,8H2,1H3. The van der Waals surface area contributed by atoms with E-state index in [2.05, 4.69) is 20.7 Å². The van der Waals surface area contributed by atoms with Crippen molar-refractivity contribution in [3.8, 4) is 0 Å². The Morgan fingerprint density at radius 2 is 2.05 bits per heavy atom. The molecule has 0 spiro atoms. The first-order valence-corrected chi connectivity index (χ1v) is 9.53. The van der Waals surface area contributed by atoms with Crippen LogP contribution in [0, 0.1) is 6.92 Å². The normalized spacial score (nSPS) is 16.4. The molecule has 0 unspecified atom stereocenters. The van der Waals surface area contributed by atoms with Gasteiger partial charge in [0.1, 0.15) is 4.21 Å². The summed E-state index contributed by atoms with van der Waals surface area (Å²) in [6.45, 7) is 3.11. The van der Waals surface area contributed by atoms with Crippen molar-refractivity contribution in [2.45, 2.75) is 30.4 Å². The summed E-state index contributed by atoms with van der Waals surface area (Å²) in [5, 5.41) is 0. The van der Waals surface area contributed by atoms with Gasteiger partial charge in [0.2, 0.25) is 5.91 Å². The van der Waals surface area contributed by atoms with E-state index in [1.54, 1.807) is 11.0 Å². The van der Waals surface area contributed by atoms with E-state index in [-0.39, 0.29) is 16.7 Å². The third-order valence-electron chi connectivity index (χ3n) is 3.22. The fourth-order valence-electron chi connectivity index (χ4n) is 2.05. The molecule has 0 atom stereocenters. The lowest BCUT2D eigenvalue weighted by Crippen LogP contribution is -2.42. The number of piperidine rings is 1. The van der Waals surface area contributed by atoms with Crippen molar-refractivity contribution < 1.29 is 13.2 Å². The molecule has 0 radical (unpaired) electrons. The van der Waals surface area contributed by atoms with Crippen molar-refractivity contribution in [2.24, 2.45) is 0 Å². The van der Waals surface area contributed by atoms with Gasteiger partial charge < -0.3 is 4.90 Å². The molecule has 112 valence electrons. The van der Waals surface area contributed by atoms with Crippen molar-refractivity contribution in [1.82, 2.24) is 9.62 Å². The number of nitrogens with zero attached hydrogens (tertiary/aromatic N) is 1. The minimum Gasteiger partial charge on any atom is -0.342 e. The Hall–Kier alpha value is -0.440. The molecule has 1 amide bonds. The Morgan fingerprint density at radius 3 is 2.60 bits per heavy atom. The number of carbonyl (C=O) groups is 1. The van der Waals surface area contributed by atoms with Crippen LogP contribution in [0.4, 0.5) is 0 Å². The van der Waals surface area contributed by atoms with Gasteiger partial charge in [-0.15, -0.1) is 11.3 Å². The number of thiophene rings is 1. The van der Waals surface area contributed by atoms with Gasteiger partial charge in [0, 0.05) is 13.1 Å². The van der Waals surface area contributed by atoms with Gasteiger partial charge in [0.25, 0.3) is 10.0 Å². The molecular weight excluding hydrogens is 364 g/mol. The number of rotatable bonds is 4. The van der Waals surface area contributed by atoms with E-state index in [1.165, 1.54) is 0 Å². The van der Waals surface area contributed by atoms with Crippen LogP contribution >= 0.6 is 27.3 Å². The van der Waals surface area contributed by atoms with Crippen LogP contribution in [0.3, 0.4) is 0 Å². The van der Waals surface area contributed by atoms with Crippen LogP contribution in [0.15, 0.2) is 14.1 Å². The summed E-state index contributed by atoms with van der Waals surface area (Å²) in [5.74, 6) is -0.152. The maximum Gasteiger partial charge on any atom is 0.250 e. The molecule has 1 aliphatic rings. The fourth-order valence-corrected chi connectivity index (χ4v) is 5.29. The van der Waals surface area contributed by atoms with Gasteiger partial charge in [-0.3, -0.25) is 4.79 Å². The second-order valence-corrected chi connectivity index (χ2v) is 9.15. The minimum atomic E-state index is -3.60. The van der Waals surface area contributed by atoms with E-state index in [4.69, 9.17) is 0 Å². The van der Waals surface area contributed by atoms with Gasteiger partial charge >= 0.3 is 0 Å². The monoisotopic (exact) mass is 380 g/mol. The molecule has 5 nitrogen and oxygen atoms in total. The van der Waals surface area contributed by atoms with Crippen molar-refractivity contribution in [1.29, 1.82) is 0 Å². The van der Waals surface area contributed by atoms with Crippen LogP contribution in [0.25, 0.3) is 0 Å². The summed E-state index contributed by atoms with van der Waals surface area (Å²) < 4.78 is 27.6. The molecule has 1 N–H and O–H groups in total. The predicted molar refractivity (Wildman–Crippen MR) is 82.4 cm³/mol. The Labute approximate surface area is 131 Å². The molecule has 1 aliphatic heterocycles. The van der Waals surface area contributed by atoms with E-state index >= 15 is 0 Å². The summed E-state index contributed by atoms with van der Waals surface area (Å²) in [5.41, 5.74) is 0.873. The Bertz CT molecular complexity index is 572. The lowest BCUT2D eigenvalue weighted by molar-refractivity contribution is -0.130. The summed E-state index contributed by atoms with van der Waals surface area (Å²) in [6, 6.07) is 1.60. The summed E-state index contributed by atoms with van der Waals surface area (Å²) in [7, 11) is -3.60. The van der Waals surface area contributed by atoms with Crippen LogP contribution in [0.5, 0.6) is 0 Å². The number of hydrogen-bond donors (Lipinski definition) is 1. The molecule has 1 fully saturated rings. The van der Waals surface area contributed by atoms with Crippen molar-refractivity contribution in [2.75, 3.05) is 19.6 Å². The number of sulfonamides is 1. The van der Waals surface area contributed by atoms with Gasteiger partial charge in [-0.1, -0.05) is 0 Å². The molecule has 0 aromatic carbocycles. The quantitative estimate of drug-likeness (QED) is 0.869. The number of halogens is 1. The summed E-state index contributed by atoms with van der Waals surface area (Å²) in [6.07, 6.45) is 3.13. The van der Waals surface area contributed by atoms with Crippen molar-refractivity contribution >= 4 is 43.2 Å². The average Bonchev–Trinajstić information content (AvgIpc) is 2.78. The van der Waals surface area contributed by atoms with Crippen LogP contribution in [0.2, 0.25) is 0 Å². The Morgan fingerprint density at radius 1 is 1.40 bits per heavy atom. The molecule has 0 saturated carbocycles. The number of nitrogens with one attached hydrogen (secondary N) is 1. The number of likely N-dealkylation sites (tertiary alicyclic amines) is 1. The third-order valence-corrected chi connectivity index (χ3v) is 7.23. The largest absolute Gasteiger partial charge is 0.342 e. The van der Waals surface area contributed by atoms with Gasteiger partial charge in [0.15, 0.2) is 0 Å². The molecule has 20 heavy (non-hydrogen) atoms. The van der Waals surface area contributed by atoms with E-state index in [9.17, 15) is 13.2 Å². The molecule has 1 saturated heterocycles. The molecule has 0 aliphatic carbocycles. The zero-order valence-electron chi connectivity index (χ0n) is 11.2. The van der Waals surface area contributed by atoms with Gasteiger partial charge in [0.05, 0.1) is 10.3 Å². The number of aryl methyl sites for hydroxylation is 1. The topological polar surface area (TPSA) is 66.5 Å². The molecule has 8 heteroatoms. The Kier molecular flexibility index (Phi) is 5.22. The average molecular weight is 381 g/mol.